The quantitative estimate of drug-likeness (QED) is 0.418. The lowest BCUT2D eigenvalue weighted by molar-refractivity contribution is -0.137. The monoisotopic (exact) mass is 377 g/mol. The lowest BCUT2D eigenvalue weighted by Crippen LogP contribution is -2.26. The molecule has 1 amide bonds. The van der Waals surface area contributed by atoms with Crippen molar-refractivity contribution < 1.29 is 22.7 Å². The minimum absolute atomic E-state index is 0.191. The molecule has 0 fully saturated rings. The van der Waals surface area contributed by atoms with Crippen molar-refractivity contribution in [2.24, 2.45) is 5.10 Å². The summed E-state index contributed by atoms with van der Waals surface area (Å²) < 4.78 is 43.3. The molecule has 142 valence electrons. The first-order valence-electron chi connectivity index (χ1n) is 7.95. The lowest BCUT2D eigenvalue weighted by atomic mass is 10.2. The molecular weight excluding hydrogens is 359 g/mol. The van der Waals surface area contributed by atoms with Crippen LogP contribution in [0.3, 0.4) is 0 Å². The average Bonchev–Trinajstić information content (AvgIpc) is 2.65. The van der Waals surface area contributed by atoms with E-state index in [2.05, 4.69) is 22.4 Å². The molecule has 0 heterocycles. The Morgan fingerprint density at radius 1 is 1.19 bits per heavy atom. The number of carbonyl (C=O) groups is 1. The van der Waals surface area contributed by atoms with Gasteiger partial charge in [0, 0.05) is 5.69 Å². The summed E-state index contributed by atoms with van der Waals surface area (Å²) in [5, 5.41) is 6.43. The lowest BCUT2D eigenvalue weighted by Gasteiger charge is -2.10. The first kappa shape index (κ1) is 20.0. The van der Waals surface area contributed by atoms with E-state index < -0.39 is 17.6 Å². The number of hydrogen-bond donors (Lipinski definition) is 2. The van der Waals surface area contributed by atoms with Crippen LogP contribution in [0.15, 0.2) is 66.3 Å². The number of hydrogen-bond acceptors (Lipinski definition) is 4. The fourth-order valence-corrected chi connectivity index (χ4v) is 2.05. The highest BCUT2D eigenvalue weighted by Gasteiger charge is 2.30. The molecule has 0 aliphatic rings. The van der Waals surface area contributed by atoms with Crippen LogP contribution in [-0.4, -0.2) is 25.3 Å². The van der Waals surface area contributed by atoms with Crippen molar-refractivity contribution in [1.82, 2.24) is 5.43 Å². The number of anilines is 1. The highest BCUT2D eigenvalue weighted by atomic mass is 19.4. The minimum atomic E-state index is -4.44. The van der Waals surface area contributed by atoms with E-state index in [4.69, 9.17) is 4.74 Å². The SMILES string of the molecule is C=CCOc1cccc(/C=N\NC(=O)CNc2cccc(C(F)(F)F)c2)c1. The second kappa shape index (κ2) is 9.42. The van der Waals surface area contributed by atoms with Gasteiger partial charge in [-0.2, -0.15) is 18.3 Å². The molecule has 27 heavy (non-hydrogen) atoms. The predicted octanol–water partition coefficient (Wildman–Crippen LogP) is 3.83. The van der Waals surface area contributed by atoms with Crippen molar-refractivity contribution in [3.8, 4) is 5.75 Å². The van der Waals surface area contributed by atoms with Gasteiger partial charge >= 0.3 is 6.18 Å². The number of carbonyl (C=O) groups excluding carboxylic acids is 1. The van der Waals surface area contributed by atoms with Crippen LogP contribution >= 0.6 is 0 Å². The number of rotatable bonds is 8. The van der Waals surface area contributed by atoms with E-state index in [-0.39, 0.29) is 12.2 Å². The van der Waals surface area contributed by atoms with Crippen LogP contribution in [0.2, 0.25) is 0 Å². The van der Waals surface area contributed by atoms with E-state index in [1.807, 2.05) is 0 Å². The number of alkyl halides is 3. The van der Waals surface area contributed by atoms with E-state index in [9.17, 15) is 18.0 Å². The Labute approximate surface area is 154 Å². The molecule has 0 aromatic heterocycles. The maximum Gasteiger partial charge on any atom is 0.416 e. The highest BCUT2D eigenvalue weighted by Crippen LogP contribution is 2.30. The average molecular weight is 377 g/mol. The maximum atomic E-state index is 12.7. The Morgan fingerprint density at radius 2 is 1.96 bits per heavy atom. The van der Waals surface area contributed by atoms with Crippen LogP contribution in [0.25, 0.3) is 0 Å². The summed E-state index contributed by atoms with van der Waals surface area (Å²) in [6, 6.07) is 11.7. The van der Waals surface area contributed by atoms with E-state index in [0.717, 1.165) is 12.1 Å². The van der Waals surface area contributed by atoms with Gasteiger partial charge in [-0.05, 0) is 35.9 Å². The molecule has 0 saturated carbocycles. The van der Waals surface area contributed by atoms with Gasteiger partial charge in [-0.3, -0.25) is 4.79 Å². The molecule has 0 radical (unpaired) electrons. The van der Waals surface area contributed by atoms with Crippen LogP contribution in [0, 0.1) is 0 Å². The van der Waals surface area contributed by atoms with Crippen molar-refractivity contribution in [3.63, 3.8) is 0 Å². The number of amides is 1. The molecule has 8 heteroatoms. The minimum Gasteiger partial charge on any atom is -0.490 e. The summed E-state index contributed by atoms with van der Waals surface area (Å²) in [5.74, 6) is 0.138. The Kier molecular flexibility index (Phi) is 6.99. The molecule has 2 aromatic carbocycles. The van der Waals surface area contributed by atoms with Crippen molar-refractivity contribution in [2.75, 3.05) is 18.5 Å². The van der Waals surface area contributed by atoms with E-state index in [1.54, 1.807) is 30.3 Å². The van der Waals surface area contributed by atoms with Gasteiger partial charge in [0.1, 0.15) is 12.4 Å². The molecule has 0 aliphatic heterocycles. The second-order valence-corrected chi connectivity index (χ2v) is 5.40. The molecule has 0 saturated heterocycles. The molecule has 0 aliphatic carbocycles. The fraction of sp³-hybridized carbons (Fsp3) is 0.158. The van der Waals surface area contributed by atoms with Crippen LogP contribution in [0.5, 0.6) is 5.75 Å². The fourth-order valence-electron chi connectivity index (χ4n) is 2.05. The Balaban J connectivity index is 1.84. The summed E-state index contributed by atoms with van der Waals surface area (Å²) in [6.45, 7) is 3.72. The first-order chi connectivity index (χ1) is 12.9. The summed E-state index contributed by atoms with van der Waals surface area (Å²) >= 11 is 0. The van der Waals surface area contributed by atoms with Gasteiger partial charge in [-0.25, -0.2) is 5.43 Å². The van der Waals surface area contributed by atoms with E-state index >= 15 is 0 Å². The Morgan fingerprint density at radius 3 is 2.70 bits per heavy atom. The van der Waals surface area contributed by atoms with E-state index in [1.165, 1.54) is 18.3 Å². The standard InChI is InChI=1S/C19H18F3N3O2/c1-2-9-27-17-8-3-5-14(10-17)12-24-25-18(26)13-23-16-7-4-6-15(11-16)19(20,21)22/h2-8,10-12,23H,1,9,13H2,(H,25,26)/b24-12-. The second-order valence-electron chi connectivity index (χ2n) is 5.40. The van der Waals surface area contributed by atoms with Gasteiger partial charge in [0.05, 0.1) is 18.3 Å². The van der Waals surface area contributed by atoms with Gasteiger partial charge in [-0.1, -0.05) is 30.9 Å². The summed E-state index contributed by atoms with van der Waals surface area (Å²) in [4.78, 5) is 11.8. The van der Waals surface area contributed by atoms with Crippen LogP contribution in [-0.2, 0) is 11.0 Å². The summed E-state index contributed by atoms with van der Waals surface area (Å²) in [6.07, 6.45) is -1.38. The molecular formula is C19H18F3N3O2. The molecule has 0 atom stereocenters. The third-order valence-electron chi connectivity index (χ3n) is 3.27. The van der Waals surface area contributed by atoms with Crippen molar-refractivity contribution in [1.29, 1.82) is 0 Å². The van der Waals surface area contributed by atoms with Gasteiger partial charge in [0.2, 0.25) is 0 Å². The van der Waals surface area contributed by atoms with Gasteiger partial charge in [-0.15, -0.1) is 0 Å². The topological polar surface area (TPSA) is 62.7 Å². The molecule has 5 nitrogen and oxygen atoms in total. The largest absolute Gasteiger partial charge is 0.490 e. The molecule has 0 unspecified atom stereocenters. The molecule has 2 aromatic rings. The Bertz CT molecular complexity index is 820. The number of benzene rings is 2. The summed E-state index contributed by atoms with van der Waals surface area (Å²) in [7, 11) is 0. The van der Waals surface area contributed by atoms with Crippen molar-refractivity contribution in [2.45, 2.75) is 6.18 Å². The normalized spacial score (nSPS) is 11.2. The number of ether oxygens (including phenoxy) is 1. The molecule has 0 spiro atoms. The van der Waals surface area contributed by atoms with Crippen LogP contribution in [0.4, 0.5) is 18.9 Å². The van der Waals surface area contributed by atoms with E-state index in [0.29, 0.717) is 17.9 Å². The Hall–Kier alpha value is -3.29. The smallest absolute Gasteiger partial charge is 0.416 e. The number of nitrogens with zero attached hydrogens (tertiary/aromatic N) is 1. The predicted molar refractivity (Wildman–Crippen MR) is 97.8 cm³/mol. The zero-order valence-corrected chi connectivity index (χ0v) is 14.3. The first-order valence-corrected chi connectivity index (χ1v) is 7.95. The van der Waals surface area contributed by atoms with Crippen molar-refractivity contribution >= 4 is 17.8 Å². The molecule has 2 rings (SSSR count). The third kappa shape index (κ3) is 6.85. The van der Waals surface area contributed by atoms with Crippen molar-refractivity contribution in [3.05, 3.63) is 72.3 Å². The van der Waals surface area contributed by atoms with Gasteiger partial charge in [0.15, 0.2) is 0 Å². The summed E-state index contributed by atoms with van der Waals surface area (Å²) in [5.41, 5.74) is 2.41. The number of halogens is 3. The van der Waals surface area contributed by atoms with Gasteiger partial charge in [0.25, 0.3) is 5.91 Å². The maximum absolute atomic E-state index is 12.7. The van der Waals surface area contributed by atoms with Gasteiger partial charge < -0.3 is 10.1 Å². The number of hydrazone groups is 1. The third-order valence-corrected chi connectivity index (χ3v) is 3.27. The molecule has 2 N–H and O–H groups in total. The number of nitrogens with one attached hydrogen (secondary N) is 2. The highest BCUT2D eigenvalue weighted by molar-refractivity contribution is 5.84. The zero-order chi connectivity index (χ0) is 19.7. The van der Waals surface area contributed by atoms with Crippen LogP contribution in [0.1, 0.15) is 11.1 Å². The zero-order valence-electron chi connectivity index (χ0n) is 14.3. The van der Waals surface area contributed by atoms with Crippen LogP contribution < -0.4 is 15.5 Å². The molecule has 0 bridgehead atoms.